The first-order chi connectivity index (χ1) is 10.3. The van der Waals surface area contributed by atoms with Crippen molar-refractivity contribution in [3.8, 4) is 0 Å². The Labute approximate surface area is 141 Å². The highest BCUT2D eigenvalue weighted by Gasteiger charge is 2.36. The third kappa shape index (κ3) is 3.54. The van der Waals surface area contributed by atoms with E-state index in [2.05, 4.69) is 41.8 Å². The summed E-state index contributed by atoms with van der Waals surface area (Å²) in [5.41, 5.74) is 6.72. The van der Waals surface area contributed by atoms with E-state index in [1.54, 1.807) is 10.9 Å². The fourth-order valence-corrected chi connectivity index (χ4v) is 3.69. The highest BCUT2D eigenvalue weighted by molar-refractivity contribution is 9.10. The Bertz CT molecular complexity index is 535. The van der Waals surface area contributed by atoms with E-state index in [1.807, 2.05) is 11.8 Å². The summed E-state index contributed by atoms with van der Waals surface area (Å²) in [4.78, 5) is 14.8. The molecule has 0 bridgehead atoms. The number of aromatic nitrogens is 2. The normalized spacial score (nSPS) is 22.9. The van der Waals surface area contributed by atoms with Crippen molar-refractivity contribution in [1.29, 1.82) is 0 Å². The zero-order chi connectivity index (χ0) is 16.5. The van der Waals surface area contributed by atoms with Gasteiger partial charge < -0.3 is 10.6 Å². The lowest BCUT2D eigenvalue weighted by Gasteiger charge is -2.43. The molecule has 6 heteroatoms. The average molecular weight is 371 g/mol. The number of carbonyl (C=O) groups excluding carboxylic acids is 1. The van der Waals surface area contributed by atoms with Crippen molar-refractivity contribution in [2.24, 2.45) is 23.0 Å². The number of piperidine rings is 1. The molecule has 0 unspecified atom stereocenters. The van der Waals surface area contributed by atoms with Gasteiger partial charge in [0.15, 0.2) is 0 Å². The number of hydrogen-bond acceptors (Lipinski definition) is 3. The third-order valence-electron chi connectivity index (χ3n) is 4.69. The summed E-state index contributed by atoms with van der Waals surface area (Å²) in [6.07, 6.45) is 2.76. The van der Waals surface area contributed by atoms with Gasteiger partial charge in [0.2, 0.25) is 0 Å². The summed E-state index contributed by atoms with van der Waals surface area (Å²) >= 11 is 3.49. The maximum Gasteiger partial charge on any atom is 0.258 e. The van der Waals surface area contributed by atoms with Crippen LogP contribution < -0.4 is 5.73 Å². The second-order valence-corrected chi connectivity index (χ2v) is 8.03. The Hall–Kier alpha value is -0.880. The number of halogens is 1. The van der Waals surface area contributed by atoms with Gasteiger partial charge in [-0.1, -0.05) is 20.8 Å². The molecule has 1 saturated heterocycles. The lowest BCUT2D eigenvalue weighted by Crippen LogP contribution is -2.49. The van der Waals surface area contributed by atoms with E-state index in [-0.39, 0.29) is 11.3 Å². The van der Waals surface area contributed by atoms with Crippen LogP contribution in [0.25, 0.3) is 0 Å². The number of aryl methyl sites for hydroxylation is 1. The molecule has 2 rings (SSSR count). The van der Waals surface area contributed by atoms with Crippen molar-refractivity contribution in [2.75, 3.05) is 19.6 Å². The minimum Gasteiger partial charge on any atom is -0.338 e. The SMILES string of the molecule is CCn1ncc(C(=O)N2C[C@@H](CN)C[C@@H](C(C)(C)C)C2)c1Br. The molecule has 0 aliphatic carbocycles. The van der Waals surface area contributed by atoms with Crippen LogP contribution in [0.5, 0.6) is 0 Å². The fraction of sp³-hybridized carbons (Fsp3) is 0.750. The lowest BCUT2D eigenvalue weighted by molar-refractivity contribution is 0.0436. The number of nitrogens with two attached hydrogens (primary N) is 1. The molecule has 1 aromatic heterocycles. The van der Waals surface area contributed by atoms with E-state index in [4.69, 9.17) is 5.73 Å². The van der Waals surface area contributed by atoms with Crippen LogP contribution >= 0.6 is 15.9 Å². The van der Waals surface area contributed by atoms with Gasteiger partial charge >= 0.3 is 0 Å². The highest BCUT2D eigenvalue weighted by atomic mass is 79.9. The van der Waals surface area contributed by atoms with Gasteiger partial charge in [0.05, 0.1) is 11.8 Å². The van der Waals surface area contributed by atoms with Gasteiger partial charge in [-0.3, -0.25) is 9.48 Å². The van der Waals surface area contributed by atoms with Gasteiger partial charge in [0, 0.05) is 19.6 Å². The topological polar surface area (TPSA) is 64.2 Å². The number of carbonyl (C=O) groups is 1. The van der Waals surface area contributed by atoms with E-state index in [9.17, 15) is 4.79 Å². The molecule has 1 fully saturated rings. The Morgan fingerprint density at radius 1 is 1.45 bits per heavy atom. The van der Waals surface area contributed by atoms with Crippen LogP contribution in [0.2, 0.25) is 0 Å². The Morgan fingerprint density at radius 2 is 2.14 bits per heavy atom. The molecular weight excluding hydrogens is 344 g/mol. The van der Waals surface area contributed by atoms with Gasteiger partial charge in [-0.2, -0.15) is 5.10 Å². The molecule has 2 N–H and O–H groups in total. The first kappa shape index (κ1) is 17.5. The molecule has 1 aliphatic rings. The summed E-state index contributed by atoms with van der Waals surface area (Å²) in [5.74, 6) is 0.902. The first-order valence-electron chi connectivity index (χ1n) is 7.98. The van der Waals surface area contributed by atoms with Crippen LogP contribution in [-0.2, 0) is 6.54 Å². The summed E-state index contributed by atoms with van der Waals surface area (Å²) < 4.78 is 2.56. The quantitative estimate of drug-likeness (QED) is 0.889. The molecule has 1 aromatic rings. The third-order valence-corrected chi connectivity index (χ3v) is 5.52. The molecule has 0 saturated carbocycles. The molecule has 2 atom stereocenters. The number of amides is 1. The van der Waals surface area contributed by atoms with Crippen LogP contribution in [0.4, 0.5) is 0 Å². The van der Waals surface area contributed by atoms with Crippen molar-refractivity contribution >= 4 is 21.8 Å². The van der Waals surface area contributed by atoms with E-state index < -0.39 is 0 Å². The molecular formula is C16H27BrN4O. The molecule has 22 heavy (non-hydrogen) atoms. The van der Waals surface area contributed by atoms with Crippen LogP contribution in [0.15, 0.2) is 10.8 Å². The second kappa shape index (κ2) is 6.71. The van der Waals surface area contributed by atoms with Crippen molar-refractivity contribution in [3.63, 3.8) is 0 Å². The van der Waals surface area contributed by atoms with Gasteiger partial charge in [0.1, 0.15) is 4.60 Å². The molecule has 124 valence electrons. The lowest BCUT2D eigenvalue weighted by atomic mass is 9.73. The highest BCUT2D eigenvalue weighted by Crippen LogP contribution is 2.36. The minimum atomic E-state index is 0.0546. The molecule has 2 heterocycles. The van der Waals surface area contributed by atoms with Gasteiger partial charge in [-0.05, 0) is 53.1 Å². The second-order valence-electron chi connectivity index (χ2n) is 7.28. The average Bonchev–Trinajstić information content (AvgIpc) is 2.85. The monoisotopic (exact) mass is 370 g/mol. The number of hydrogen-bond donors (Lipinski definition) is 1. The van der Waals surface area contributed by atoms with Crippen molar-refractivity contribution in [2.45, 2.75) is 40.7 Å². The minimum absolute atomic E-state index is 0.0546. The van der Waals surface area contributed by atoms with E-state index in [0.717, 1.165) is 30.7 Å². The fourth-order valence-electron chi connectivity index (χ4n) is 3.07. The molecule has 1 aliphatic heterocycles. The molecule has 0 aromatic carbocycles. The maximum atomic E-state index is 12.9. The van der Waals surface area contributed by atoms with Crippen LogP contribution in [0, 0.1) is 17.3 Å². The maximum absolute atomic E-state index is 12.9. The van der Waals surface area contributed by atoms with Gasteiger partial charge in [0.25, 0.3) is 5.91 Å². The van der Waals surface area contributed by atoms with E-state index in [0.29, 0.717) is 23.9 Å². The predicted molar refractivity (Wildman–Crippen MR) is 91.6 cm³/mol. The number of likely N-dealkylation sites (tertiary alicyclic amines) is 1. The molecule has 5 nitrogen and oxygen atoms in total. The summed E-state index contributed by atoms with van der Waals surface area (Å²) in [5, 5.41) is 4.25. The predicted octanol–water partition coefficient (Wildman–Crippen LogP) is 2.75. The van der Waals surface area contributed by atoms with Crippen LogP contribution in [-0.4, -0.2) is 40.2 Å². The Morgan fingerprint density at radius 3 is 2.64 bits per heavy atom. The van der Waals surface area contributed by atoms with Crippen molar-refractivity contribution < 1.29 is 4.79 Å². The van der Waals surface area contributed by atoms with E-state index >= 15 is 0 Å². The number of nitrogens with zero attached hydrogens (tertiary/aromatic N) is 3. The Balaban J connectivity index is 2.22. The molecule has 0 radical (unpaired) electrons. The van der Waals surface area contributed by atoms with Crippen molar-refractivity contribution in [3.05, 3.63) is 16.4 Å². The van der Waals surface area contributed by atoms with Crippen LogP contribution in [0.3, 0.4) is 0 Å². The van der Waals surface area contributed by atoms with Crippen molar-refractivity contribution in [1.82, 2.24) is 14.7 Å². The Kier molecular flexibility index (Phi) is 5.33. The summed E-state index contributed by atoms with van der Waals surface area (Å²) in [7, 11) is 0. The molecule has 0 spiro atoms. The zero-order valence-electron chi connectivity index (χ0n) is 14.0. The van der Waals surface area contributed by atoms with Gasteiger partial charge in [-0.25, -0.2) is 0 Å². The summed E-state index contributed by atoms with van der Waals surface area (Å²) in [6.45, 7) is 11.6. The largest absolute Gasteiger partial charge is 0.338 e. The number of rotatable bonds is 3. The molecule has 1 amide bonds. The van der Waals surface area contributed by atoms with Gasteiger partial charge in [-0.15, -0.1) is 0 Å². The zero-order valence-corrected chi connectivity index (χ0v) is 15.6. The summed E-state index contributed by atoms with van der Waals surface area (Å²) in [6, 6.07) is 0. The standard InChI is InChI=1S/C16H27BrN4O/c1-5-21-14(17)13(8-19-21)15(22)20-9-11(7-18)6-12(10-20)16(2,3)4/h8,11-12H,5-7,9-10,18H2,1-4H3/t11-,12-/m1/s1. The smallest absolute Gasteiger partial charge is 0.258 e. The van der Waals surface area contributed by atoms with Crippen LogP contribution in [0.1, 0.15) is 44.5 Å². The first-order valence-corrected chi connectivity index (χ1v) is 8.77. The van der Waals surface area contributed by atoms with E-state index in [1.165, 1.54) is 0 Å².